The highest BCUT2D eigenvalue weighted by molar-refractivity contribution is 5.98. The molecule has 1 saturated carbocycles. The van der Waals surface area contributed by atoms with E-state index in [-0.39, 0.29) is 0 Å². The molecule has 1 nitrogen and oxygen atoms in total. The van der Waals surface area contributed by atoms with Gasteiger partial charge in [-0.2, -0.15) is 0 Å². The largest absolute Gasteiger partial charge is 0.295 e. The highest BCUT2D eigenvalue weighted by atomic mass is 16.1. The summed E-state index contributed by atoms with van der Waals surface area (Å²) in [7, 11) is 0. The first-order chi connectivity index (χ1) is 9.74. The van der Waals surface area contributed by atoms with Gasteiger partial charge < -0.3 is 0 Å². The van der Waals surface area contributed by atoms with Gasteiger partial charge >= 0.3 is 0 Å². The molecule has 0 amide bonds. The summed E-state index contributed by atoms with van der Waals surface area (Å²) in [6.45, 7) is 11.8. The minimum Gasteiger partial charge on any atom is -0.295 e. The summed E-state index contributed by atoms with van der Waals surface area (Å²) < 4.78 is 0. The van der Waals surface area contributed by atoms with Gasteiger partial charge in [-0.15, -0.1) is 6.58 Å². The Morgan fingerprint density at radius 1 is 1.35 bits per heavy atom. The molecule has 0 bridgehead atoms. The molecule has 0 aromatic carbocycles. The second-order valence-electron chi connectivity index (χ2n) is 5.42. The van der Waals surface area contributed by atoms with Gasteiger partial charge in [0, 0.05) is 6.42 Å². The van der Waals surface area contributed by atoms with Crippen LogP contribution in [-0.2, 0) is 4.79 Å². The lowest BCUT2D eigenvalue weighted by Crippen LogP contribution is -2.12. The van der Waals surface area contributed by atoms with E-state index in [1.54, 1.807) is 0 Å². The molecule has 0 aromatic rings. The van der Waals surface area contributed by atoms with Crippen LogP contribution in [0.15, 0.2) is 24.3 Å². The first-order valence-electron chi connectivity index (χ1n) is 8.58. The first-order valence-corrected chi connectivity index (χ1v) is 8.58. The van der Waals surface area contributed by atoms with E-state index in [9.17, 15) is 4.79 Å². The van der Waals surface area contributed by atoms with E-state index in [2.05, 4.69) is 26.5 Å². The Kier molecular flexibility index (Phi) is 11.4. The van der Waals surface area contributed by atoms with Crippen molar-refractivity contribution in [2.45, 2.75) is 79.1 Å². The molecule has 0 spiro atoms. The van der Waals surface area contributed by atoms with E-state index in [0.29, 0.717) is 17.6 Å². The maximum atomic E-state index is 11.7. The van der Waals surface area contributed by atoms with Crippen molar-refractivity contribution in [3.63, 3.8) is 0 Å². The maximum Gasteiger partial charge on any atom is 0.159 e. The fourth-order valence-corrected chi connectivity index (χ4v) is 2.98. The molecule has 0 saturated heterocycles. The summed E-state index contributed by atoms with van der Waals surface area (Å²) >= 11 is 0. The van der Waals surface area contributed by atoms with Crippen molar-refractivity contribution in [2.75, 3.05) is 0 Å². The monoisotopic (exact) mass is 278 g/mol. The van der Waals surface area contributed by atoms with Crippen LogP contribution in [0.1, 0.15) is 79.1 Å². The smallest absolute Gasteiger partial charge is 0.159 e. The normalized spacial score (nSPS) is 23.6. The van der Waals surface area contributed by atoms with Crippen molar-refractivity contribution in [3.8, 4) is 0 Å². The summed E-state index contributed by atoms with van der Waals surface area (Å²) in [6, 6.07) is 0. The fourth-order valence-electron chi connectivity index (χ4n) is 2.98. The Hall–Kier alpha value is -0.850. The third-order valence-electron chi connectivity index (χ3n) is 4.04. The van der Waals surface area contributed by atoms with Gasteiger partial charge in [0.25, 0.3) is 0 Å². The van der Waals surface area contributed by atoms with Crippen LogP contribution in [0, 0.1) is 11.8 Å². The zero-order valence-corrected chi connectivity index (χ0v) is 14.1. The minimum absolute atomic E-state index is 0.454. The Labute approximate surface area is 126 Å². The number of rotatable bonds is 4. The van der Waals surface area contributed by atoms with Crippen LogP contribution in [-0.4, -0.2) is 5.78 Å². The number of Topliss-reactive ketones (excluding diaryl/α,β-unsaturated/α-hetero) is 1. The predicted octanol–water partition coefficient (Wildman–Crippen LogP) is 6.10. The van der Waals surface area contributed by atoms with Crippen LogP contribution in [0.3, 0.4) is 0 Å². The number of allylic oxidation sites excluding steroid dienone is 3. The number of hydrogen-bond donors (Lipinski definition) is 0. The average molecular weight is 278 g/mol. The number of fused-ring (bicyclic) bond motifs is 1. The van der Waals surface area contributed by atoms with Gasteiger partial charge in [-0.05, 0) is 49.5 Å². The lowest BCUT2D eigenvalue weighted by molar-refractivity contribution is -0.114. The van der Waals surface area contributed by atoms with Gasteiger partial charge in [-0.25, -0.2) is 0 Å². The molecule has 2 rings (SSSR count). The van der Waals surface area contributed by atoms with Gasteiger partial charge in [0.2, 0.25) is 0 Å². The summed E-state index contributed by atoms with van der Waals surface area (Å²) in [5.41, 5.74) is 1.19. The SMILES string of the molecule is C=CCC.CC.CCCCC1CC(=O)C2=CCCCC21. The van der Waals surface area contributed by atoms with E-state index in [1.807, 2.05) is 19.9 Å². The molecule has 2 aliphatic rings. The van der Waals surface area contributed by atoms with E-state index < -0.39 is 0 Å². The second-order valence-corrected chi connectivity index (χ2v) is 5.42. The summed E-state index contributed by atoms with van der Waals surface area (Å²) in [4.78, 5) is 11.7. The Balaban J connectivity index is 0.000000521. The molecular formula is C19H34O. The van der Waals surface area contributed by atoms with Crippen LogP contribution >= 0.6 is 0 Å². The molecule has 2 unspecified atom stereocenters. The van der Waals surface area contributed by atoms with Crippen molar-refractivity contribution in [3.05, 3.63) is 24.3 Å². The minimum atomic E-state index is 0.454. The van der Waals surface area contributed by atoms with E-state index >= 15 is 0 Å². The van der Waals surface area contributed by atoms with E-state index in [4.69, 9.17) is 0 Å². The zero-order valence-electron chi connectivity index (χ0n) is 14.1. The van der Waals surface area contributed by atoms with Crippen molar-refractivity contribution < 1.29 is 4.79 Å². The van der Waals surface area contributed by atoms with Crippen molar-refractivity contribution in [1.82, 2.24) is 0 Å². The molecule has 0 aliphatic heterocycles. The summed E-state index contributed by atoms with van der Waals surface area (Å²) in [5, 5.41) is 0. The molecule has 0 aromatic heterocycles. The maximum absolute atomic E-state index is 11.7. The molecule has 0 heterocycles. The Morgan fingerprint density at radius 2 is 2.00 bits per heavy atom. The van der Waals surface area contributed by atoms with Crippen molar-refractivity contribution in [2.24, 2.45) is 11.8 Å². The molecular weight excluding hydrogens is 244 g/mol. The Bertz CT molecular complexity index is 301. The molecule has 116 valence electrons. The van der Waals surface area contributed by atoms with Crippen LogP contribution in [0.5, 0.6) is 0 Å². The number of ketones is 1. The standard InChI is InChI=1S/C13H20O.C4H8.C2H6/c1-2-3-6-10-9-13(14)12-8-5-4-7-11(10)12;1-3-4-2;1-2/h8,10-11H,2-7,9H2,1H3;3H,1,4H2,2H3;1-2H3. The summed E-state index contributed by atoms with van der Waals surface area (Å²) in [6.07, 6.45) is 13.5. The number of carbonyl (C=O) groups excluding carboxylic acids is 1. The van der Waals surface area contributed by atoms with Gasteiger partial charge in [0.1, 0.15) is 0 Å². The lowest BCUT2D eigenvalue weighted by Gasteiger charge is -2.22. The van der Waals surface area contributed by atoms with Gasteiger partial charge in [0.05, 0.1) is 0 Å². The number of carbonyl (C=O) groups is 1. The predicted molar refractivity (Wildman–Crippen MR) is 89.9 cm³/mol. The highest BCUT2D eigenvalue weighted by Crippen LogP contribution is 2.42. The van der Waals surface area contributed by atoms with Crippen LogP contribution in [0.4, 0.5) is 0 Å². The summed E-state index contributed by atoms with van der Waals surface area (Å²) in [5.74, 6) is 1.78. The van der Waals surface area contributed by atoms with Crippen molar-refractivity contribution >= 4 is 5.78 Å². The van der Waals surface area contributed by atoms with E-state index in [0.717, 1.165) is 19.3 Å². The third kappa shape index (κ3) is 6.07. The first kappa shape index (κ1) is 19.1. The molecule has 1 fully saturated rings. The number of unbranched alkanes of at least 4 members (excludes halogenated alkanes) is 1. The van der Waals surface area contributed by atoms with Crippen LogP contribution < -0.4 is 0 Å². The van der Waals surface area contributed by atoms with E-state index in [1.165, 1.54) is 37.7 Å². The second kappa shape index (κ2) is 11.9. The molecule has 2 aliphatic carbocycles. The third-order valence-corrected chi connectivity index (χ3v) is 4.04. The molecule has 1 heteroatoms. The zero-order chi connectivity index (χ0) is 15.4. The molecule has 0 N–H and O–H groups in total. The quantitative estimate of drug-likeness (QED) is 0.568. The topological polar surface area (TPSA) is 17.1 Å². The lowest BCUT2D eigenvalue weighted by atomic mass is 9.82. The number of hydrogen-bond acceptors (Lipinski definition) is 1. The van der Waals surface area contributed by atoms with Gasteiger partial charge in [-0.1, -0.05) is 52.7 Å². The highest BCUT2D eigenvalue weighted by Gasteiger charge is 2.37. The fraction of sp³-hybridized carbons (Fsp3) is 0.737. The van der Waals surface area contributed by atoms with Gasteiger partial charge in [-0.3, -0.25) is 4.79 Å². The van der Waals surface area contributed by atoms with Crippen LogP contribution in [0.25, 0.3) is 0 Å². The average Bonchev–Trinajstić information content (AvgIpc) is 2.84. The molecule has 20 heavy (non-hydrogen) atoms. The molecule has 2 atom stereocenters. The molecule has 0 radical (unpaired) electrons. The van der Waals surface area contributed by atoms with Crippen LogP contribution in [0.2, 0.25) is 0 Å². The Morgan fingerprint density at radius 3 is 2.55 bits per heavy atom. The van der Waals surface area contributed by atoms with Crippen molar-refractivity contribution in [1.29, 1.82) is 0 Å². The van der Waals surface area contributed by atoms with Gasteiger partial charge in [0.15, 0.2) is 5.78 Å².